The number of carboxylic acids is 1. The van der Waals surface area contributed by atoms with Gasteiger partial charge >= 0.3 is 5.97 Å². The van der Waals surface area contributed by atoms with Gasteiger partial charge in [-0.2, -0.15) is 0 Å². The maximum atomic E-state index is 12.7. The van der Waals surface area contributed by atoms with Gasteiger partial charge in [0, 0.05) is 30.7 Å². The fourth-order valence-electron chi connectivity index (χ4n) is 3.29. The van der Waals surface area contributed by atoms with Gasteiger partial charge < -0.3 is 15.2 Å². The molecule has 1 heterocycles. The number of carbonyl (C=O) groups excluding carboxylic acids is 1. The second kappa shape index (κ2) is 8.63. The fraction of sp³-hybridized carbons (Fsp3) is 0.450. The van der Waals surface area contributed by atoms with Crippen LogP contribution in [0.5, 0.6) is 0 Å². The van der Waals surface area contributed by atoms with E-state index in [1.165, 1.54) is 16.7 Å². The highest BCUT2D eigenvalue weighted by Gasteiger charge is 2.43. The minimum atomic E-state index is -1.03. The Kier molecular flexibility index (Phi) is 6.23. The van der Waals surface area contributed by atoms with E-state index in [1.807, 2.05) is 31.2 Å². The molecule has 0 atom stereocenters. The molecule has 27 heavy (non-hydrogen) atoms. The molecule has 1 aromatic carbocycles. The highest BCUT2D eigenvalue weighted by Crippen LogP contribution is 2.44. The van der Waals surface area contributed by atoms with Crippen LogP contribution in [-0.4, -0.2) is 35.2 Å². The number of hydrogen-bond donors (Lipinski definition) is 2. The average Bonchev–Trinajstić information content (AvgIpc) is 3.13. The third-order valence-electron chi connectivity index (χ3n) is 5.07. The zero-order valence-electron chi connectivity index (χ0n) is 15.4. The average molecular weight is 388 g/mol. The van der Waals surface area contributed by atoms with Gasteiger partial charge in [-0.05, 0) is 37.8 Å². The third kappa shape index (κ3) is 4.54. The zero-order chi connectivity index (χ0) is 19.3. The molecule has 1 amide bonds. The number of nitrogens with zero attached hydrogens (tertiary/aromatic N) is 1. The predicted molar refractivity (Wildman–Crippen MR) is 104 cm³/mol. The van der Waals surface area contributed by atoms with Crippen molar-refractivity contribution >= 4 is 23.2 Å². The second-order valence-electron chi connectivity index (χ2n) is 6.81. The Bertz CT molecular complexity index is 814. The van der Waals surface area contributed by atoms with Gasteiger partial charge in [-0.15, -0.1) is 11.3 Å². The predicted octanol–water partition coefficient (Wildman–Crippen LogP) is 3.72. The van der Waals surface area contributed by atoms with E-state index in [-0.39, 0.29) is 17.0 Å². The van der Waals surface area contributed by atoms with Crippen LogP contribution in [0.3, 0.4) is 0 Å². The van der Waals surface area contributed by atoms with Crippen molar-refractivity contribution in [2.45, 2.75) is 39.2 Å². The van der Waals surface area contributed by atoms with Gasteiger partial charge in [-0.1, -0.05) is 24.6 Å². The van der Waals surface area contributed by atoms with Crippen LogP contribution in [0.1, 0.15) is 48.7 Å². The SMILES string of the molecule is CCOCCC1(C(=O)NCc2cccc(-c3nc(C(=O)O)cs3)c2)CCC1. The first-order chi connectivity index (χ1) is 13.0. The Balaban J connectivity index is 1.62. The van der Waals surface area contributed by atoms with Gasteiger partial charge in [0.15, 0.2) is 5.69 Å². The Morgan fingerprint density at radius 2 is 2.19 bits per heavy atom. The molecule has 2 N–H and O–H groups in total. The number of hydrogen-bond acceptors (Lipinski definition) is 5. The van der Waals surface area contributed by atoms with Crippen molar-refractivity contribution in [3.8, 4) is 10.6 Å². The smallest absolute Gasteiger partial charge is 0.355 e. The van der Waals surface area contributed by atoms with Crippen LogP contribution < -0.4 is 5.32 Å². The van der Waals surface area contributed by atoms with Crippen molar-refractivity contribution in [1.82, 2.24) is 10.3 Å². The summed E-state index contributed by atoms with van der Waals surface area (Å²) in [5.74, 6) is -0.931. The van der Waals surface area contributed by atoms with Gasteiger partial charge in [0.25, 0.3) is 0 Å². The van der Waals surface area contributed by atoms with E-state index < -0.39 is 5.97 Å². The molecule has 0 unspecified atom stereocenters. The summed E-state index contributed by atoms with van der Waals surface area (Å²) in [6, 6.07) is 7.68. The van der Waals surface area contributed by atoms with Crippen LogP contribution >= 0.6 is 11.3 Å². The number of aromatic nitrogens is 1. The van der Waals surface area contributed by atoms with E-state index in [0.717, 1.165) is 36.8 Å². The van der Waals surface area contributed by atoms with E-state index in [4.69, 9.17) is 9.84 Å². The molecule has 1 fully saturated rings. The normalized spacial score (nSPS) is 15.1. The molecule has 0 saturated heterocycles. The Morgan fingerprint density at radius 3 is 2.81 bits per heavy atom. The molecule has 0 spiro atoms. The van der Waals surface area contributed by atoms with Crippen LogP contribution in [0.4, 0.5) is 0 Å². The van der Waals surface area contributed by atoms with E-state index in [2.05, 4.69) is 10.3 Å². The van der Waals surface area contributed by atoms with Crippen LogP contribution in [0.2, 0.25) is 0 Å². The van der Waals surface area contributed by atoms with E-state index >= 15 is 0 Å². The van der Waals surface area contributed by atoms with Crippen molar-refractivity contribution in [2.75, 3.05) is 13.2 Å². The first kappa shape index (κ1) is 19.5. The van der Waals surface area contributed by atoms with Crippen molar-refractivity contribution in [1.29, 1.82) is 0 Å². The number of benzene rings is 1. The van der Waals surface area contributed by atoms with Crippen molar-refractivity contribution in [3.63, 3.8) is 0 Å². The highest BCUT2D eigenvalue weighted by atomic mass is 32.1. The number of aromatic carboxylic acids is 1. The molecule has 1 saturated carbocycles. The molecular formula is C20H24N2O4S. The Morgan fingerprint density at radius 1 is 1.37 bits per heavy atom. The van der Waals surface area contributed by atoms with Gasteiger partial charge in [0.05, 0.1) is 5.41 Å². The molecule has 144 valence electrons. The summed E-state index contributed by atoms with van der Waals surface area (Å²) in [4.78, 5) is 27.8. The summed E-state index contributed by atoms with van der Waals surface area (Å²) in [6.45, 7) is 3.70. The number of carboxylic acid groups (broad SMARTS) is 1. The van der Waals surface area contributed by atoms with Crippen LogP contribution in [-0.2, 0) is 16.1 Å². The zero-order valence-corrected chi connectivity index (χ0v) is 16.2. The Hall–Kier alpha value is -2.25. The third-order valence-corrected chi connectivity index (χ3v) is 5.96. The molecule has 1 aromatic heterocycles. The highest BCUT2D eigenvalue weighted by molar-refractivity contribution is 7.13. The lowest BCUT2D eigenvalue weighted by molar-refractivity contribution is -0.137. The van der Waals surface area contributed by atoms with Crippen LogP contribution in [0, 0.1) is 5.41 Å². The lowest BCUT2D eigenvalue weighted by Gasteiger charge is -2.40. The standard InChI is InChI=1S/C20H24N2O4S/c1-2-26-10-9-20(7-4-8-20)19(25)21-12-14-5-3-6-15(11-14)17-22-16(13-27-17)18(23)24/h3,5-6,11,13H,2,4,7-10,12H2,1H3,(H,21,25)(H,23,24). The summed E-state index contributed by atoms with van der Waals surface area (Å²) >= 11 is 1.30. The molecule has 1 aliphatic rings. The molecule has 3 rings (SSSR count). The minimum Gasteiger partial charge on any atom is -0.476 e. The summed E-state index contributed by atoms with van der Waals surface area (Å²) in [6.07, 6.45) is 3.70. The van der Waals surface area contributed by atoms with Gasteiger partial charge in [0.2, 0.25) is 5.91 Å². The molecule has 0 bridgehead atoms. The van der Waals surface area contributed by atoms with Gasteiger partial charge in [0.1, 0.15) is 5.01 Å². The molecule has 0 aliphatic heterocycles. The lowest BCUT2D eigenvalue weighted by Crippen LogP contribution is -2.46. The number of nitrogens with one attached hydrogen (secondary N) is 1. The number of carbonyl (C=O) groups is 2. The maximum absolute atomic E-state index is 12.7. The van der Waals surface area contributed by atoms with Crippen LogP contribution in [0.15, 0.2) is 29.6 Å². The number of rotatable bonds is 9. The number of amides is 1. The van der Waals surface area contributed by atoms with E-state index in [9.17, 15) is 9.59 Å². The molecule has 7 heteroatoms. The molecular weight excluding hydrogens is 364 g/mol. The van der Waals surface area contributed by atoms with E-state index in [0.29, 0.717) is 24.8 Å². The first-order valence-corrected chi connectivity index (χ1v) is 10.1. The summed E-state index contributed by atoms with van der Waals surface area (Å²) in [7, 11) is 0. The monoisotopic (exact) mass is 388 g/mol. The van der Waals surface area contributed by atoms with Gasteiger partial charge in [-0.25, -0.2) is 9.78 Å². The molecule has 0 radical (unpaired) electrons. The largest absolute Gasteiger partial charge is 0.476 e. The molecule has 1 aliphatic carbocycles. The summed E-state index contributed by atoms with van der Waals surface area (Å²) < 4.78 is 5.43. The van der Waals surface area contributed by atoms with Gasteiger partial charge in [-0.3, -0.25) is 4.79 Å². The topological polar surface area (TPSA) is 88.5 Å². The minimum absolute atomic E-state index is 0.0509. The Labute approximate surface area is 162 Å². The van der Waals surface area contributed by atoms with Crippen molar-refractivity contribution < 1.29 is 19.4 Å². The van der Waals surface area contributed by atoms with Crippen molar-refractivity contribution in [3.05, 3.63) is 40.9 Å². The van der Waals surface area contributed by atoms with E-state index in [1.54, 1.807) is 0 Å². The fourth-order valence-corrected chi connectivity index (χ4v) is 4.09. The van der Waals surface area contributed by atoms with Crippen LogP contribution in [0.25, 0.3) is 10.6 Å². The number of thiazole rings is 1. The summed E-state index contributed by atoms with van der Waals surface area (Å²) in [5.41, 5.74) is 1.59. The number of ether oxygens (including phenoxy) is 1. The van der Waals surface area contributed by atoms with Crippen molar-refractivity contribution in [2.24, 2.45) is 5.41 Å². The molecule has 6 nitrogen and oxygen atoms in total. The summed E-state index contributed by atoms with van der Waals surface area (Å²) in [5, 5.41) is 14.3. The lowest BCUT2D eigenvalue weighted by atomic mass is 9.66. The second-order valence-corrected chi connectivity index (χ2v) is 7.67. The quantitative estimate of drug-likeness (QED) is 0.639. The first-order valence-electron chi connectivity index (χ1n) is 9.18. The molecule has 2 aromatic rings. The maximum Gasteiger partial charge on any atom is 0.355 e.